The molecule has 0 amide bonds. The van der Waals surface area contributed by atoms with Crippen LogP contribution in [-0.4, -0.2) is 13.1 Å². The summed E-state index contributed by atoms with van der Waals surface area (Å²) in [5.41, 5.74) is 0.764. The number of nitrogens with one attached hydrogen (secondary N) is 1. The number of benzene rings is 1. The van der Waals surface area contributed by atoms with Crippen LogP contribution in [0.1, 0.15) is 44.6 Å². The SMILES string of the molecule is CCCC1CCC(NC)C(Cc2cc(Cl)ccc2F)C1. The van der Waals surface area contributed by atoms with Crippen LogP contribution in [-0.2, 0) is 6.42 Å². The molecule has 0 aromatic heterocycles. The molecule has 1 aromatic rings. The Kier molecular flexibility index (Phi) is 5.86. The Morgan fingerprint density at radius 1 is 1.35 bits per heavy atom. The smallest absolute Gasteiger partial charge is 0.126 e. The normalized spacial score (nSPS) is 26.7. The Labute approximate surface area is 126 Å². The lowest BCUT2D eigenvalue weighted by Crippen LogP contribution is -2.39. The molecule has 1 aromatic carbocycles. The van der Waals surface area contributed by atoms with E-state index in [4.69, 9.17) is 11.6 Å². The molecule has 20 heavy (non-hydrogen) atoms. The van der Waals surface area contributed by atoms with Crippen LogP contribution >= 0.6 is 11.6 Å². The van der Waals surface area contributed by atoms with E-state index in [9.17, 15) is 4.39 Å². The van der Waals surface area contributed by atoms with Crippen molar-refractivity contribution in [1.82, 2.24) is 5.32 Å². The van der Waals surface area contributed by atoms with Gasteiger partial charge in [0.15, 0.2) is 0 Å². The lowest BCUT2D eigenvalue weighted by Gasteiger charge is -2.36. The molecule has 0 heterocycles. The van der Waals surface area contributed by atoms with E-state index in [1.165, 1.54) is 38.2 Å². The molecule has 1 saturated carbocycles. The van der Waals surface area contributed by atoms with E-state index in [0.717, 1.165) is 17.9 Å². The van der Waals surface area contributed by atoms with Crippen molar-refractivity contribution in [3.63, 3.8) is 0 Å². The fraction of sp³-hybridized carbons (Fsp3) is 0.647. The van der Waals surface area contributed by atoms with Crippen molar-refractivity contribution in [3.8, 4) is 0 Å². The van der Waals surface area contributed by atoms with Crippen LogP contribution in [0.3, 0.4) is 0 Å². The van der Waals surface area contributed by atoms with Gasteiger partial charge in [0.1, 0.15) is 5.82 Å². The highest BCUT2D eigenvalue weighted by molar-refractivity contribution is 6.30. The largest absolute Gasteiger partial charge is 0.317 e. The highest BCUT2D eigenvalue weighted by Gasteiger charge is 2.29. The van der Waals surface area contributed by atoms with Gasteiger partial charge in [-0.05, 0) is 68.3 Å². The predicted molar refractivity (Wildman–Crippen MR) is 83.7 cm³/mol. The zero-order chi connectivity index (χ0) is 14.5. The summed E-state index contributed by atoms with van der Waals surface area (Å²) >= 11 is 6.00. The minimum Gasteiger partial charge on any atom is -0.317 e. The first kappa shape index (κ1) is 15.8. The number of hydrogen-bond donors (Lipinski definition) is 1. The molecule has 0 bridgehead atoms. The van der Waals surface area contributed by atoms with Crippen molar-refractivity contribution < 1.29 is 4.39 Å². The zero-order valence-electron chi connectivity index (χ0n) is 12.5. The molecule has 0 saturated heterocycles. The van der Waals surface area contributed by atoms with Crippen molar-refractivity contribution in [2.24, 2.45) is 11.8 Å². The maximum Gasteiger partial charge on any atom is 0.126 e. The van der Waals surface area contributed by atoms with Crippen LogP contribution in [0.2, 0.25) is 5.02 Å². The Balaban J connectivity index is 2.09. The molecular weight excluding hydrogens is 273 g/mol. The van der Waals surface area contributed by atoms with E-state index in [1.807, 2.05) is 7.05 Å². The summed E-state index contributed by atoms with van der Waals surface area (Å²) in [6.07, 6.45) is 7.03. The van der Waals surface area contributed by atoms with Gasteiger partial charge in [-0.15, -0.1) is 0 Å². The monoisotopic (exact) mass is 297 g/mol. The Hall–Kier alpha value is -0.600. The minimum absolute atomic E-state index is 0.123. The van der Waals surface area contributed by atoms with Gasteiger partial charge in [0.2, 0.25) is 0 Å². The van der Waals surface area contributed by atoms with E-state index in [1.54, 1.807) is 12.1 Å². The summed E-state index contributed by atoms with van der Waals surface area (Å²) in [5, 5.41) is 4.04. The van der Waals surface area contributed by atoms with Gasteiger partial charge >= 0.3 is 0 Å². The molecule has 2 rings (SSSR count). The van der Waals surface area contributed by atoms with E-state index >= 15 is 0 Å². The van der Waals surface area contributed by atoms with Crippen molar-refractivity contribution in [1.29, 1.82) is 0 Å². The van der Waals surface area contributed by atoms with Gasteiger partial charge in [0, 0.05) is 11.1 Å². The summed E-state index contributed by atoms with van der Waals surface area (Å²) in [6, 6.07) is 5.39. The molecular formula is C17H25ClFN. The number of halogens is 2. The standard InChI is InChI=1S/C17H25ClFN/c1-3-4-12-5-8-17(20-2)14(9-12)10-13-11-15(18)6-7-16(13)19/h6-7,11-12,14,17,20H,3-5,8-10H2,1-2H3. The first-order chi connectivity index (χ1) is 9.63. The van der Waals surface area contributed by atoms with Gasteiger partial charge in [-0.1, -0.05) is 31.4 Å². The molecule has 1 fully saturated rings. The van der Waals surface area contributed by atoms with Crippen molar-refractivity contribution >= 4 is 11.6 Å². The van der Waals surface area contributed by atoms with Crippen molar-refractivity contribution in [2.75, 3.05) is 7.05 Å². The first-order valence-corrected chi connectivity index (χ1v) is 8.13. The summed E-state index contributed by atoms with van der Waals surface area (Å²) < 4.78 is 13.9. The Bertz CT molecular complexity index is 435. The van der Waals surface area contributed by atoms with Gasteiger partial charge in [-0.2, -0.15) is 0 Å². The van der Waals surface area contributed by atoms with E-state index in [0.29, 0.717) is 17.0 Å². The first-order valence-electron chi connectivity index (χ1n) is 7.75. The molecule has 1 nitrogen and oxygen atoms in total. The molecule has 0 aliphatic heterocycles. The Morgan fingerprint density at radius 3 is 2.85 bits per heavy atom. The highest BCUT2D eigenvalue weighted by Crippen LogP contribution is 2.34. The van der Waals surface area contributed by atoms with Gasteiger partial charge in [-0.3, -0.25) is 0 Å². The third-order valence-corrected chi connectivity index (χ3v) is 4.88. The van der Waals surface area contributed by atoms with Gasteiger partial charge in [-0.25, -0.2) is 4.39 Å². The third-order valence-electron chi connectivity index (χ3n) is 4.65. The average molecular weight is 298 g/mol. The molecule has 1 aliphatic carbocycles. The molecule has 1 N–H and O–H groups in total. The van der Waals surface area contributed by atoms with E-state index < -0.39 is 0 Å². The minimum atomic E-state index is -0.123. The van der Waals surface area contributed by atoms with Crippen LogP contribution in [0.4, 0.5) is 4.39 Å². The van der Waals surface area contributed by atoms with E-state index in [-0.39, 0.29) is 5.82 Å². The molecule has 0 radical (unpaired) electrons. The summed E-state index contributed by atoms with van der Waals surface area (Å²) in [4.78, 5) is 0. The fourth-order valence-electron chi connectivity index (χ4n) is 3.62. The molecule has 3 heteroatoms. The van der Waals surface area contributed by atoms with Crippen molar-refractivity contribution in [2.45, 2.75) is 51.5 Å². The van der Waals surface area contributed by atoms with Gasteiger partial charge in [0.05, 0.1) is 0 Å². The zero-order valence-corrected chi connectivity index (χ0v) is 13.2. The van der Waals surface area contributed by atoms with Gasteiger partial charge < -0.3 is 5.32 Å². The maximum atomic E-state index is 13.9. The van der Waals surface area contributed by atoms with E-state index in [2.05, 4.69) is 12.2 Å². The number of rotatable bonds is 5. The average Bonchev–Trinajstić information content (AvgIpc) is 2.44. The maximum absolute atomic E-state index is 13.9. The van der Waals surface area contributed by atoms with Crippen LogP contribution in [0.15, 0.2) is 18.2 Å². The molecule has 1 aliphatic rings. The Morgan fingerprint density at radius 2 is 2.15 bits per heavy atom. The molecule has 112 valence electrons. The van der Waals surface area contributed by atoms with Gasteiger partial charge in [0.25, 0.3) is 0 Å². The molecule has 3 atom stereocenters. The van der Waals surface area contributed by atoms with Crippen LogP contribution in [0.25, 0.3) is 0 Å². The number of hydrogen-bond acceptors (Lipinski definition) is 1. The summed E-state index contributed by atoms with van der Waals surface area (Å²) in [6.45, 7) is 2.25. The van der Waals surface area contributed by atoms with Crippen LogP contribution in [0.5, 0.6) is 0 Å². The second-order valence-electron chi connectivity index (χ2n) is 6.06. The van der Waals surface area contributed by atoms with Crippen LogP contribution in [0, 0.1) is 17.7 Å². The third kappa shape index (κ3) is 3.95. The quantitative estimate of drug-likeness (QED) is 0.821. The molecule has 3 unspecified atom stereocenters. The second kappa shape index (κ2) is 7.42. The summed E-state index contributed by atoms with van der Waals surface area (Å²) in [5.74, 6) is 1.19. The van der Waals surface area contributed by atoms with Crippen molar-refractivity contribution in [3.05, 3.63) is 34.6 Å². The van der Waals surface area contributed by atoms with Crippen LogP contribution < -0.4 is 5.32 Å². The molecule has 0 spiro atoms. The lowest BCUT2D eigenvalue weighted by atomic mass is 9.74. The fourth-order valence-corrected chi connectivity index (χ4v) is 3.81. The second-order valence-corrected chi connectivity index (χ2v) is 6.50. The predicted octanol–water partition coefficient (Wildman–Crippen LogP) is 4.83. The summed E-state index contributed by atoms with van der Waals surface area (Å²) in [7, 11) is 2.02. The highest BCUT2D eigenvalue weighted by atomic mass is 35.5. The topological polar surface area (TPSA) is 12.0 Å². The lowest BCUT2D eigenvalue weighted by molar-refractivity contribution is 0.199.